The maximum Gasteiger partial charge on any atom is 0.270 e. The van der Waals surface area contributed by atoms with Gasteiger partial charge in [-0.3, -0.25) is 4.79 Å². The molecule has 3 rings (SSSR count). The van der Waals surface area contributed by atoms with Gasteiger partial charge in [0.25, 0.3) is 5.91 Å². The largest absolute Gasteiger partial charge is 0.348 e. The average molecular weight is 447 g/mol. The summed E-state index contributed by atoms with van der Waals surface area (Å²) in [5.74, 6) is -0.0885. The molecule has 0 fully saturated rings. The van der Waals surface area contributed by atoms with Gasteiger partial charge in [0.05, 0.1) is 11.4 Å². The molecule has 5 nitrogen and oxygen atoms in total. The van der Waals surface area contributed by atoms with Crippen LogP contribution >= 0.6 is 0 Å². The summed E-state index contributed by atoms with van der Waals surface area (Å²) in [4.78, 5) is 15.7. The highest BCUT2D eigenvalue weighted by molar-refractivity contribution is 5.94. The van der Waals surface area contributed by atoms with Gasteiger partial charge in [0, 0.05) is 11.6 Å². The molecule has 0 aliphatic heterocycles. The Labute approximate surface area is 198 Å². The lowest BCUT2D eigenvalue weighted by Crippen LogP contribution is -2.34. The van der Waals surface area contributed by atoms with E-state index in [1.54, 1.807) is 4.68 Å². The van der Waals surface area contributed by atoms with E-state index in [1.807, 2.05) is 18.2 Å². The van der Waals surface area contributed by atoms with Crippen molar-refractivity contribution in [1.29, 1.82) is 0 Å². The third-order valence-electron chi connectivity index (χ3n) is 6.37. The van der Waals surface area contributed by atoms with Crippen molar-refractivity contribution in [2.75, 3.05) is 19.6 Å². The molecular formula is C28H38N4O. The van der Waals surface area contributed by atoms with Gasteiger partial charge in [-0.25, -0.2) is 4.68 Å². The minimum absolute atomic E-state index is 0.0885. The molecule has 2 aromatic carbocycles. The molecule has 1 N–H and O–H groups in total. The second-order valence-corrected chi connectivity index (χ2v) is 9.01. The molecule has 0 aliphatic rings. The monoisotopic (exact) mass is 446 g/mol. The standard InChI is InChI=1S/C28H38N4O/c1-7-31(8-2)16-10-12-23(6)29-28(33)27-19-26(24-15-14-21(4)22(5)18-24)30-32(27)25-13-9-11-20(3)17-25/h9,11,13-15,17-19,23H,7-8,10,12,16H2,1-6H3,(H,29,33). The maximum atomic E-state index is 13.3. The first-order valence-corrected chi connectivity index (χ1v) is 12.1. The lowest BCUT2D eigenvalue weighted by atomic mass is 10.0. The van der Waals surface area contributed by atoms with E-state index >= 15 is 0 Å². The van der Waals surface area contributed by atoms with Crippen molar-refractivity contribution >= 4 is 5.91 Å². The van der Waals surface area contributed by atoms with Crippen molar-refractivity contribution in [2.24, 2.45) is 0 Å². The molecular weight excluding hydrogens is 408 g/mol. The van der Waals surface area contributed by atoms with Crippen LogP contribution in [0.4, 0.5) is 0 Å². The Bertz CT molecular complexity index is 1080. The summed E-state index contributed by atoms with van der Waals surface area (Å²) in [6.45, 7) is 15.9. The highest BCUT2D eigenvalue weighted by atomic mass is 16.2. The molecule has 5 heteroatoms. The molecule has 0 bridgehead atoms. The van der Waals surface area contributed by atoms with Gasteiger partial charge in [0.2, 0.25) is 0 Å². The second-order valence-electron chi connectivity index (χ2n) is 9.01. The highest BCUT2D eigenvalue weighted by Crippen LogP contribution is 2.24. The zero-order chi connectivity index (χ0) is 24.0. The number of carbonyl (C=O) groups excluding carboxylic acids is 1. The first kappa shape index (κ1) is 24.7. The van der Waals surface area contributed by atoms with E-state index in [0.29, 0.717) is 5.69 Å². The van der Waals surface area contributed by atoms with Crippen LogP contribution in [0, 0.1) is 20.8 Å². The first-order chi connectivity index (χ1) is 15.8. The number of aromatic nitrogens is 2. The fraction of sp³-hybridized carbons (Fsp3) is 0.429. The van der Waals surface area contributed by atoms with Crippen LogP contribution in [-0.2, 0) is 0 Å². The van der Waals surface area contributed by atoms with Crippen LogP contribution in [0.15, 0.2) is 48.5 Å². The molecule has 1 heterocycles. The summed E-state index contributed by atoms with van der Waals surface area (Å²) in [7, 11) is 0. The van der Waals surface area contributed by atoms with Gasteiger partial charge in [-0.2, -0.15) is 5.10 Å². The van der Waals surface area contributed by atoms with Gasteiger partial charge in [-0.05, 0) is 101 Å². The van der Waals surface area contributed by atoms with Crippen LogP contribution in [-0.4, -0.2) is 46.3 Å². The number of aryl methyl sites for hydroxylation is 3. The number of nitrogens with one attached hydrogen (secondary N) is 1. The Balaban J connectivity index is 1.85. The van der Waals surface area contributed by atoms with Crippen LogP contribution in [0.1, 0.15) is 60.8 Å². The fourth-order valence-electron chi connectivity index (χ4n) is 4.07. The van der Waals surface area contributed by atoms with Crippen molar-refractivity contribution in [3.8, 4) is 16.9 Å². The third kappa shape index (κ3) is 6.32. The van der Waals surface area contributed by atoms with Crippen LogP contribution in [0.5, 0.6) is 0 Å². The summed E-state index contributed by atoms with van der Waals surface area (Å²) in [5.41, 5.74) is 6.87. The lowest BCUT2D eigenvalue weighted by Gasteiger charge is -2.20. The SMILES string of the molecule is CCN(CC)CCCC(C)NC(=O)c1cc(-c2ccc(C)c(C)c2)nn1-c1cccc(C)c1. The van der Waals surface area contributed by atoms with E-state index in [2.05, 4.69) is 82.1 Å². The summed E-state index contributed by atoms with van der Waals surface area (Å²) in [6.07, 6.45) is 2.01. The van der Waals surface area contributed by atoms with Gasteiger partial charge in [-0.15, -0.1) is 0 Å². The van der Waals surface area contributed by atoms with E-state index < -0.39 is 0 Å². The van der Waals surface area contributed by atoms with Gasteiger partial charge in [-0.1, -0.05) is 38.1 Å². The van der Waals surface area contributed by atoms with Crippen molar-refractivity contribution in [3.05, 3.63) is 70.9 Å². The van der Waals surface area contributed by atoms with Gasteiger partial charge in [0.15, 0.2) is 0 Å². The van der Waals surface area contributed by atoms with Gasteiger partial charge >= 0.3 is 0 Å². The van der Waals surface area contributed by atoms with E-state index in [-0.39, 0.29) is 11.9 Å². The molecule has 176 valence electrons. The number of hydrogen-bond donors (Lipinski definition) is 1. The normalized spacial score (nSPS) is 12.2. The fourth-order valence-corrected chi connectivity index (χ4v) is 4.07. The Morgan fingerprint density at radius 3 is 2.45 bits per heavy atom. The van der Waals surface area contributed by atoms with Crippen LogP contribution in [0.2, 0.25) is 0 Å². The average Bonchev–Trinajstić information content (AvgIpc) is 3.24. The zero-order valence-electron chi connectivity index (χ0n) is 21.0. The quantitative estimate of drug-likeness (QED) is 0.434. The second kappa shape index (κ2) is 11.3. The summed E-state index contributed by atoms with van der Waals surface area (Å²) in [6, 6.07) is 16.4. The number of carbonyl (C=O) groups is 1. The van der Waals surface area contributed by atoms with Crippen molar-refractivity contribution in [1.82, 2.24) is 20.0 Å². The van der Waals surface area contributed by atoms with Crippen LogP contribution in [0.3, 0.4) is 0 Å². The maximum absolute atomic E-state index is 13.3. The van der Waals surface area contributed by atoms with Gasteiger partial charge < -0.3 is 10.2 Å². The van der Waals surface area contributed by atoms with E-state index in [0.717, 1.165) is 55.0 Å². The Morgan fingerprint density at radius 1 is 1.03 bits per heavy atom. The predicted molar refractivity (Wildman–Crippen MR) is 137 cm³/mol. The first-order valence-electron chi connectivity index (χ1n) is 12.1. The molecule has 0 radical (unpaired) electrons. The summed E-state index contributed by atoms with van der Waals surface area (Å²) < 4.78 is 1.77. The molecule has 33 heavy (non-hydrogen) atoms. The predicted octanol–water partition coefficient (Wildman–Crippen LogP) is 5.70. The summed E-state index contributed by atoms with van der Waals surface area (Å²) in [5, 5.41) is 8.05. The number of hydrogen-bond acceptors (Lipinski definition) is 3. The number of amides is 1. The molecule has 1 amide bonds. The highest BCUT2D eigenvalue weighted by Gasteiger charge is 2.19. The van der Waals surface area contributed by atoms with Crippen molar-refractivity contribution < 1.29 is 4.79 Å². The molecule has 1 atom stereocenters. The van der Waals surface area contributed by atoms with E-state index in [9.17, 15) is 4.79 Å². The van der Waals surface area contributed by atoms with Gasteiger partial charge in [0.1, 0.15) is 5.69 Å². The molecule has 0 spiro atoms. The number of rotatable bonds is 10. The van der Waals surface area contributed by atoms with Crippen molar-refractivity contribution in [2.45, 2.75) is 60.4 Å². The zero-order valence-corrected chi connectivity index (χ0v) is 21.0. The molecule has 1 unspecified atom stereocenters. The van der Waals surface area contributed by atoms with E-state index in [4.69, 9.17) is 5.10 Å². The molecule has 0 aliphatic carbocycles. The minimum Gasteiger partial charge on any atom is -0.348 e. The Kier molecular flexibility index (Phi) is 8.45. The molecule has 0 saturated heterocycles. The van der Waals surface area contributed by atoms with Crippen LogP contribution in [0.25, 0.3) is 16.9 Å². The smallest absolute Gasteiger partial charge is 0.270 e. The van der Waals surface area contributed by atoms with Crippen LogP contribution < -0.4 is 5.32 Å². The number of nitrogens with zero attached hydrogens (tertiary/aromatic N) is 3. The minimum atomic E-state index is -0.0885. The topological polar surface area (TPSA) is 50.2 Å². The Hall–Kier alpha value is -2.92. The molecule has 3 aromatic rings. The third-order valence-corrected chi connectivity index (χ3v) is 6.37. The summed E-state index contributed by atoms with van der Waals surface area (Å²) >= 11 is 0. The lowest BCUT2D eigenvalue weighted by molar-refractivity contribution is 0.0929. The van der Waals surface area contributed by atoms with Crippen molar-refractivity contribution in [3.63, 3.8) is 0 Å². The number of benzene rings is 2. The molecule has 0 saturated carbocycles. The molecule has 1 aromatic heterocycles. The van der Waals surface area contributed by atoms with E-state index in [1.165, 1.54) is 11.1 Å². The Morgan fingerprint density at radius 2 is 1.79 bits per heavy atom.